The number of aliphatic hydroxyl groups excluding tert-OH is 1. The van der Waals surface area contributed by atoms with E-state index in [0.717, 1.165) is 0 Å². The van der Waals surface area contributed by atoms with Gasteiger partial charge in [0, 0.05) is 24.8 Å². The van der Waals surface area contributed by atoms with Crippen LogP contribution in [0, 0.1) is 11.6 Å². The molecule has 0 aliphatic rings. The number of rotatable bonds is 7. The summed E-state index contributed by atoms with van der Waals surface area (Å²) in [5.74, 6) is -4.29. The first-order valence-corrected chi connectivity index (χ1v) is 6.20. The predicted molar refractivity (Wildman–Crippen MR) is 66.2 cm³/mol. The highest BCUT2D eigenvalue weighted by molar-refractivity contribution is 5.95. The first-order chi connectivity index (χ1) is 9.85. The smallest absolute Gasteiger partial charge is 0.387 e. The highest BCUT2D eigenvalue weighted by Crippen LogP contribution is 2.22. The van der Waals surface area contributed by atoms with Crippen LogP contribution in [0.1, 0.15) is 30.1 Å². The molecule has 1 unspecified atom stereocenters. The van der Waals surface area contributed by atoms with Gasteiger partial charge in [-0.1, -0.05) is 0 Å². The second-order valence-electron chi connectivity index (χ2n) is 4.38. The van der Waals surface area contributed by atoms with Crippen molar-refractivity contribution in [3.05, 3.63) is 29.3 Å². The summed E-state index contributed by atoms with van der Waals surface area (Å²) in [5.41, 5.74) is -0.868. The van der Waals surface area contributed by atoms with E-state index in [1.807, 2.05) is 0 Å². The number of benzene rings is 1. The summed E-state index contributed by atoms with van der Waals surface area (Å²) in [6.07, 6.45) is 0.853. The normalized spacial score (nSPS) is 12.3. The van der Waals surface area contributed by atoms with Crippen LogP contribution in [0.2, 0.25) is 0 Å². The van der Waals surface area contributed by atoms with Gasteiger partial charge < -0.3 is 15.2 Å². The van der Waals surface area contributed by atoms with Crippen molar-refractivity contribution in [2.45, 2.75) is 32.4 Å². The number of carbonyl (C=O) groups excluding carboxylic acids is 1. The molecule has 0 saturated heterocycles. The minimum Gasteiger partial charge on any atom is -0.435 e. The van der Waals surface area contributed by atoms with E-state index < -0.39 is 41.5 Å². The summed E-state index contributed by atoms with van der Waals surface area (Å²) in [5, 5.41) is 11.0. The van der Waals surface area contributed by atoms with Gasteiger partial charge in [0.1, 0.15) is 22.9 Å². The van der Waals surface area contributed by atoms with E-state index in [-0.39, 0.29) is 6.61 Å². The topological polar surface area (TPSA) is 58.6 Å². The fourth-order valence-electron chi connectivity index (χ4n) is 1.70. The summed E-state index contributed by atoms with van der Waals surface area (Å²) in [6.45, 7) is -1.68. The Kier molecular flexibility index (Phi) is 6.41. The Morgan fingerprint density at radius 1 is 1.33 bits per heavy atom. The van der Waals surface area contributed by atoms with E-state index in [2.05, 4.69) is 10.1 Å². The largest absolute Gasteiger partial charge is 0.435 e. The van der Waals surface area contributed by atoms with Crippen LogP contribution in [0.15, 0.2) is 12.1 Å². The van der Waals surface area contributed by atoms with Crippen molar-refractivity contribution in [1.82, 2.24) is 5.32 Å². The van der Waals surface area contributed by atoms with Crippen LogP contribution >= 0.6 is 0 Å². The third-order valence-corrected chi connectivity index (χ3v) is 2.64. The van der Waals surface area contributed by atoms with E-state index in [1.54, 1.807) is 6.92 Å². The fourth-order valence-corrected chi connectivity index (χ4v) is 1.70. The SMILES string of the molecule is CC(CCCO)NC(=O)c1c(F)cc(OC(F)F)cc1F. The summed E-state index contributed by atoms with van der Waals surface area (Å²) >= 11 is 0. The molecule has 0 fully saturated rings. The van der Waals surface area contributed by atoms with Gasteiger partial charge in [-0.15, -0.1) is 0 Å². The lowest BCUT2D eigenvalue weighted by atomic mass is 10.1. The molecule has 0 aliphatic carbocycles. The molecule has 0 heterocycles. The Labute approximate surface area is 118 Å². The minimum absolute atomic E-state index is 0.0669. The Morgan fingerprint density at radius 2 is 1.90 bits per heavy atom. The highest BCUT2D eigenvalue weighted by Gasteiger charge is 2.21. The van der Waals surface area contributed by atoms with E-state index in [1.165, 1.54) is 0 Å². The molecule has 1 atom stereocenters. The Balaban J connectivity index is 2.85. The van der Waals surface area contributed by atoms with Crippen molar-refractivity contribution in [3.63, 3.8) is 0 Å². The monoisotopic (exact) mass is 309 g/mol. The van der Waals surface area contributed by atoms with Gasteiger partial charge in [-0.05, 0) is 19.8 Å². The molecule has 1 aromatic carbocycles. The van der Waals surface area contributed by atoms with Gasteiger partial charge >= 0.3 is 6.61 Å². The van der Waals surface area contributed by atoms with E-state index >= 15 is 0 Å². The number of carbonyl (C=O) groups is 1. The van der Waals surface area contributed by atoms with E-state index in [0.29, 0.717) is 25.0 Å². The first-order valence-electron chi connectivity index (χ1n) is 6.20. The van der Waals surface area contributed by atoms with Gasteiger partial charge in [-0.2, -0.15) is 8.78 Å². The summed E-state index contributed by atoms with van der Waals surface area (Å²) in [6, 6.07) is 0.630. The van der Waals surface area contributed by atoms with Gasteiger partial charge in [0.05, 0.1) is 0 Å². The molecule has 0 aromatic heterocycles. The zero-order chi connectivity index (χ0) is 16.0. The van der Waals surface area contributed by atoms with Crippen molar-refractivity contribution in [2.75, 3.05) is 6.61 Å². The van der Waals surface area contributed by atoms with Crippen LogP contribution in [-0.2, 0) is 0 Å². The molecule has 1 aromatic rings. The molecule has 0 spiro atoms. The molecule has 2 N–H and O–H groups in total. The van der Waals surface area contributed by atoms with Gasteiger partial charge in [0.25, 0.3) is 5.91 Å². The lowest BCUT2D eigenvalue weighted by molar-refractivity contribution is -0.0501. The second-order valence-corrected chi connectivity index (χ2v) is 4.38. The minimum atomic E-state index is -3.22. The quantitative estimate of drug-likeness (QED) is 0.761. The third kappa shape index (κ3) is 5.22. The molecule has 0 bridgehead atoms. The zero-order valence-corrected chi connectivity index (χ0v) is 11.2. The maximum Gasteiger partial charge on any atom is 0.387 e. The van der Waals surface area contributed by atoms with Crippen LogP contribution in [-0.4, -0.2) is 30.3 Å². The molecular formula is C13H15F4NO3. The number of halogens is 4. The number of ether oxygens (including phenoxy) is 1. The molecule has 21 heavy (non-hydrogen) atoms. The lowest BCUT2D eigenvalue weighted by Gasteiger charge is -2.14. The summed E-state index contributed by atoms with van der Waals surface area (Å²) in [4.78, 5) is 11.8. The molecule has 0 saturated carbocycles. The van der Waals surface area contributed by atoms with Gasteiger partial charge in [-0.25, -0.2) is 8.78 Å². The molecule has 0 radical (unpaired) electrons. The van der Waals surface area contributed by atoms with Crippen molar-refractivity contribution in [3.8, 4) is 5.75 Å². The average molecular weight is 309 g/mol. The maximum absolute atomic E-state index is 13.6. The van der Waals surface area contributed by atoms with Crippen LogP contribution in [0.4, 0.5) is 17.6 Å². The molecule has 118 valence electrons. The van der Waals surface area contributed by atoms with E-state index in [9.17, 15) is 22.4 Å². The molecule has 8 heteroatoms. The second kappa shape index (κ2) is 7.82. The van der Waals surface area contributed by atoms with Gasteiger partial charge in [-0.3, -0.25) is 4.79 Å². The van der Waals surface area contributed by atoms with Crippen LogP contribution in [0.3, 0.4) is 0 Å². The van der Waals surface area contributed by atoms with Gasteiger partial charge in [0.2, 0.25) is 0 Å². The molecule has 0 aliphatic heterocycles. The molecule has 1 rings (SSSR count). The van der Waals surface area contributed by atoms with Crippen molar-refractivity contribution >= 4 is 5.91 Å². The first kappa shape index (κ1) is 17.2. The molecule has 4 nitrogen and oxygen atoms in total. The Bertz CT molecular complexity index is 473. The number of hydrogen-bond donors (Lipinski definition) is 2. The van der Waals surface area contributed by atoms with Crippen molar-refractivity contribution in [1.29, 1.82) is 0 Å². The van der Waals surface area contributed by atoms with Crippen molar-refractivity contribution in [2.24, 2.45) is 0 Å². The van der Waals surface area contributed by atoms with Gasteiger partial charge in [0.15, 0.2) is 0 Å². The fraction of sp³-hybridized carbons (Fsp3) is 0.462. The average Bonchev–Trinajstić information content (AvgIpc) is 2.34. The number of aliphatic hydroxyl groups is 1. The molecule has 1 amide bonds. The van der Waals surface area contributed by atoms with Crippen LogP contribution < -0.4 is 10.1 Å². The molecular weight excluding hydrogens is 294 g/mol. The predicted octanol–water partition coefficient (Wildman–Crippen LogP) is 2.46. The zero-order valence-electron chi connectivity index (χ0n) is 11.2. The standard InChI is InChI=1S/C13H15F4NO3/c1-7(3-2-4-19)18-12(20)11-9(14)5-8(6-10(11)15)21-13(16)17/h5-7,13,19H,2-4H2,1H3,(H,18,20). The van der Waals surface area contributed by atoms with Crippen LogP contribution in [0.5, 0.6) is 5.75 Å². The lowest BCUT2D eigenvalue weighted by Crippen LogP contribution is -2.33. The number of hydrogen-bond acceptors (Lipinski definition) is 3. The Hall–Kier alpha value is -1.83. The maximum atomic E-state index is 13.6. The summed E-state index contributed by atoms with van der Waals surface area (Å²) < 4.78 is 55.1. The highest BCUT2D eigenvalue weighted by atomic mass is 19.3. The Morgan fingerprint density at radius 3 is 2.38 bits per heavy atom. The van der Waals surface area contributed by atoms with E-state index in [4.69, 9.17) is 5.11 Å². The van der Waals surface area contributed by atoms with Crippen molar-refractivity contribution < 1.29 is 32.2 Å². The summed E-state index contributed by atoms with van der Waals surface area (Å²) in [7, 11) is 0. The third-order valence-electron chi connectivity index (χ3n) is 2.64. The number of amides is 1. The number of alkyl halides is 2. The number of nitrogens with one attached hydrogen (secondary N) is 1. The van der Waals surface area contributed by atoms with Crippen LogP contribution in [0.25, 0.3) is 0 Å².